The Labute approximate surface area is 161 Å². The lowest BCUT2D eigenvalue weighted by atomic mass is 9.94. The van der Waals surface area contributed by atoms with E-state index in [1.165, 1.54) is 30.4 Å². The third-order valence-electron chi connectivity index (χ3n) is 5.29. The number of anilines is 2. The first-order chi connectivity index (χ1) is 13.3. The number of pyridine rings is 2. The predicted octanol–water partition coefficient (Wildman–Crippen LogP) is 4.95. The van der Waals surface area contributed by atoms with E-state index in [0.717, 1.165) is 42.1 Å². The summed E-state index contributed by atoms with van der Waals surface area (Å²) in [6.07, 6.45) is 6.70. The molecule has 4 nitrogen and oxygen atoms in total. The van der Waals surface area contributed by atoms with E-state index < -0.39 is 0 Å². The number of nitrogens with two attached hydrogens (primary N) is 1. The van der Waals surface area contributed by atoms with Gasteiger partial charge in [-0.25, -0.2) is 9.97 Å². The fourth-order valence-electron chi connectivity index (χ4n) is 3.86. The highest BCUT2D eigenvalue weighted by Crippen LogP contribution is 2.34. The van der Waals surface area contributed by atoms with E-state index in [9.17, 15) is 0 Å². The van der Waals surface area contributed by atoms with Crippen LogP contribution in [0.2, 0.25) is 0 Å². The molecular weight excluding hydrogens is 332 g/mol. The van der Waals surface area contributed by atoms with Crippen molar-refractivity contribution in [2.45, 2.75) is 32.6 Å². The van der Waals surface area contributed by atoms with E-state index in [2.05, 4.69) is 59.3 Å². The maximum Gasteiger partial charge on any atom is 0.128 e. The summed E-state index contributed by atoms with van der Waals surface area (Å²) in [7, 11) is 0. The molecule has 0 amide bonds. The van der Waals surface area contributed by atoms with Crippen LogP contribution in [-0.2, 0) is 6.42 Å². The van der Waals surface area contributed by atoms with Crippen LogP contribution < -0.4 is 10.6 Å². The monoisotopic (exact) mass is 358 g/mol. The number of piperidine rings is 1. The van der Waals surface area contributed by atoms with Crippen LogP contribution in [0.3, 0.4) is 0 Å². The summed E-state index contributed by atoms with van der Waals surface area (Å²) < 4.78 is 0. The second-order valence-corrected chi connectivity index (χ2v) is 7.08. The number of aromatic nitrogens is 2. The standard InChI is InChI=1S/C23H26N4/c1-2-21-20(11-12-22(24)26-21)19-9-5-4-8-18(19)17-10-13-23(25-16-17)27-14-6-3-7-15-27/h4-5,8-13,16H,2-3,6-7,14-15H2,1H3,(H2,24,26). The summed E-state index contributed by atoms with van der Waals surface area (Å²) in [5, 5.41) is 0. The Kier molecular flexibility index (Phi) is 5.05. The van der Waals surface area contributed by atoms with Gasteiger partial charge in [-0.3, -0.25) is 0 Å². The van der Waals surface area contributed by atoms with E-state index in [1.807, 2.05) is 12.3 Å². The van der Waals surface area contributed by atoms with Crippen LogP contribution in [0, 0.1) is 0 Å². The van der Waals surface area contributed by atoms with E-state index in [1.54, 1.807) is 0 Å². The molecule has 4 heteroatoms. The minimum Gasteiger partial charge on any atom is -0.384 e. The van der Waals surface area contributed by atoms with Gasteiger partial charge in [0.1, 0.15) is 11.6 Å². The maximum absolute atomic E-state index is 5.89. The van der Waals surface area contributed by atoms with Crippen LogP contribution in [0.5, 0.6) is 0 Å². The van der Waals surface area contributed by atoms with Crippen LogP contribution in [0.4, 0.5) is 11.6 Å². The molecule has 27 heavy (non-hydrogen) atoms. The van der Waals surface area contributed by atoms with Crippen molar-refractivity contribution < 1.29 is 0 Å². The lowest BCUT2D eigenvalue weighted by Gasteiger charge is -2.27. The lowest BCUT2D eigenvalue weighted by Crippen LogP contribution is -2.29. The third-order valence-corrected chi connectivity index (χ3v) is 5.29. The Morgan fingerprint density at radius 3 is 2.37 bits per heavy atom. The van der Waals surface area contributed by atoms with Crippen molar-refractivity contribution in [1.82, 2.24) is 9.97 Å². The second-order valence-electron chi connectivity index (χ2n) is 7.08. The molecule has 0 atom stereocenters. The van der Waals surface area contributed by atoms with Crippen molar-refractivity contribution in [3.05, 3.63) is 60.4 Å². The minimum absolute atomic E-state index is 0.570. The largest absolute Gasteiger partial charge is 0.384 e. The highest BCUT2D eigenvalue weighted by Gasteiger charge is 2.14. The summed E-state index contributed by atoms with van der Waals surface area (Å²) in [6, 6.07) is 16.8. The number of rotatable bonds is 4. The molecule has 0 saturated carbocycles. The van der Waals surface area contributed by atoms with E-state index >= 15 is 0 Å². The first-order valence-electron chi connectivity index (χ1n) is 9.82. The van der Waals surface area contributed by atoms with Crippen molar-refractivity contribution in [1.29, 1.82) is 0 Å². The van der Waals surface area contributed by atoms with Crippen molar-refractivity contribution >= 4 is 11.6 Å². The molecular formula is C23H26N4. The average molecular weight is 358 g/mol. The van der Waals surface area contributed by atoms with Gasteiger partial charge in [0, 0.05) is 30.4 Å². The van der Waals surface area contributed by atoms with Crippen molar-refractivity contribution in [2.75, 3.05) is 23.7 Å². The predicted molar refractivity (Wildman–Crippen MR) is 113 cm³/mol. The van der Waals surface area contributed by atoms with Crippen LogP contribution in [0.1, 0.15) is 31.9 Å². The van der Waals surface area contributed by atoms with Crippen molar-refractivity contribution in [3.63, 3.8) is 0 Å². The van der Waals surface area contributed by atoms with Gasteiger partial charge in [0.15, 0.2) is 0 Å². The molecule has 138 valence electrons. The summed E-state index contributed by atoms with van der Waals surface area (Å²) in [6.45, 7) is 4.34. The molecule has 0 radical (unpaired) electrons. The lowest BCUT2D eigenvalue weighted by molar-refractivity contribution is 0.573. The SMILES string of the molecule is CCc1nc(N)ccc1-c1ccccc1-c1ccc(N2CCCCC2)nc1. The Morgan fingerprint density at radius 1 is 0.889 bits per heavy atom. The van der Waals surface area contributed by atoms with Crippen LogP contribution in [0.15, 0.2) is 54.7 Å². The molecule has 1 fully saturated rings. The molecule has 0 spiro atoms. The van der Waals surface area contributed by atoms with Gasteiger partial charge in [0.05, 0.1) is 5.69 Å². The van der Waals surface area contributed by atoms with Crippen molar-refractivity contribution in [3.8, 4) is 22.3 Å². The van der Waals surface area contributed by atoms with Crippen LogP contribution in [0.25, 0.3) is 22.3 Å². The molecule has 1 aromatic carbocycles. The van der Waals surface area contributed by atoms with Gasteiger partial charge >= 0.3 is 0 Å². The maximum atomic E-state index is 5.89. The Hall–Kier alpha value is -2.88. The topological polar surface area (TPSA) is 55.0 Å². The molecule has 1 aliphatic heterocycles. The molecule has 0 aliphatic carbocycles. The zero-order chi connectivity index (χ0) is 18.6. The van der Waals surface area contributed by atoms with E-state index in [-0.39, 0.29) is 0 Å². The Morgan fingerprint density at radius 2 is 1.67 bits per heavy atom. The third kappa shape index (κ3) is 3.65. The van der Waals surface area contributed by atoms with E-state index in [0.29, 0.717) is 5.82 Å². The van der Waals surface area contributed by atoms with Gasteiger partial charge in [0.2, 0.25) is 0 Å². The molecule has 4 rings (SSSR count). The Bertz CT molecular complexity index is 912. The smallest absolute Gasteiger partial charge is 0.128 e. The minimum atomic E-state index is 0.570. The summed E-state index contributed by atoms with van der Waals surface area (Å²) in [5.74, 6) is 1.65. The van der Waals surface area contributed by atoms with Crippen LogP contribution >= 0.6 is 0 Å². The van der Waals surface area contributed by atoms with E-state index in [4.69, 9.17) is 10.7 Å². The molecule has 2 N–H and O–H groups in total. The molecule has 0 unspecified atom stereocenters. The fourth-order valence-corrected chi connectivity index (χ4v) is 3.86. The van der Waals surface area contributed by atoms with Crippen LogP contribution in [-0.4, -0.2) is 23.1 Å². The number of nitrogens with zero attached hydrogens (tertiary/aromatic N) is 3. The molecule has 1 aliphatic rings. The molecule has 1 saturated heterocycles. The first-order valence-corrected chi connectivity index (χ1v) is 9.82. The second kappa shape index (κ2) is 7.78. The quantitative estimate of drug-likeness (QED) is 0.717. The molecule has 2 aromatic heterocycles. The highest BCUT2D eigenvalue weighted by atomic mass is 15.2. The number of hydrogen-bond acceptors (Lipinski definition) is 4. The van der Waals surface area contributed by atoms with Gasteiger partial charge in [-0.1, -0.05) is 31.2 Å². The molecule has 0 bridgehead atoms. The fraction of sp³-hybridized carbons (Fsp3) is 0.304. The van der Waals surface area contributed by atoms with Gasteiger partial charge in [-0.15, -0.1) is 0 Å². The zero-order valence-electron chi connectivity index (χ0n) is 15.9. The first kappa shape index (κ1) is 17.5. The van der Waals surface area contributed by atoms with Gasteiger partial charge in [-0.2, -0.15) is 0 Å². The highest BCUT2D eigenvalue weighted by molar-refractivity contribution is 5.84. The summed E-state index contributed by atoms with van der Waals surface area (Å²) >= 11 is 0. The number of benzene rings is 1. The molecule has 3 heterocycles. The zero-order valence-corrected chi connectivity index (χ0v) is 15.9. The number of aryl methyl sites for hydroxylation is 1. The van der Waals surface area contributed by atoms with Gasteiger partial charge in [-0.05, 0) is 61.1 Å². The normalized spacial score (nSPS) is 14.3. The van der Waals surface area contributed by atoms with Gasteiger partial charge < -0.3 is 10.6 Å². The average Bonchev–Trinajstić information content (AvgIpc) is 2.74. The molecule has 3 aromatic rings. The number of nitrogen functional groups attached to an aromatic ring is 1. The van der Waals surface area contributed by atoms with Gasteiger partial charge in [0.25, 0.3) is 0 Å². The number of hydrogen-bond donors (Lipinski definition) is 1. The summed E-state index contributed by atoms with van der Waals surface area (Å²) in [4.78, 5) is 11.7. The Balaban J connectivity index is 1.71. The summed E-state index contributed by atoms with van der Waals surface area (Å²) in [5.41, 5.74) is 11.5. The van der Waals surface area contributed by atoms with Crippen molar-refractivity contribution in [2.24, 2.45) is 0 Å².